The van der Waals surface area contributed by atoms with Gasteiger partial charge < -0.3 is 9.47 Å². The van der Waals surface area contributed by atoms with E-state index < -0.39 is 5.79 Å². The van der Waals surface area contributed by atoms with Crippen molar-refractivity contribution in [2.45, 2.75) is 77.3 Å². The predicted octanol–water partition coefficient (Wildman–Crippen LogP) is 3.39. The van der Waals surface area contributed by atoms with E-state index in [1.54, 1.807) is 0 Å². The minimum absolute atomic E-state index is 0.185. The second kappa shape index (κ2) is 6.22. The van der Waals surface area contributed by atoms with Gasteiger partial charge in [0.25, 0.3) is 0 Å². The van der Waals surface area contributed by atoms with E-state index in [1.807, 2.05) is 13.8 Å². The first-order valence-electron chi connectivity index (χ1n) is 6.32. The van der Waals surface area contributed by atoms with Crippen molar-refractivity contribution in [2.24, 2.45) is 0 Å². The number of unbranched alkanes of at least 4 members (excludes halogenated alkanes) is 3. The molecule has 16 heavy (non-hydrogen) atoms. The normalized spacial score (nSPS) is 28.6. The zero-order valence-corrected chi connectivity index (χ0v) is 10.7. The third-order valence-corrected chi connectivity index (χ3v) is 2.88. The molecule has 92 valence electrons. The number of nitriles is 1. The first-order chi connectivity index (χ1) is 7.57. The monoisotopic (exact) mass is 225 g/mol. The molecule has 0 radical (unpaired) electrons. The molecule has 0 amide bonds. The lowest BCUT2D eigenvalue weighted by atomic mass is 10.0. The highest BCUT2D eigenvalue weighted by molar-refractivity contribution is 4.90. The molecule has 0 N–H and O–H groups in total. The van der Waals surface area contributed by atoms with Gasteiger partial charge in [0, 0.05) is 6.42 Å². The molecule has 1 saturated heterocycles. The van der Waals surface area contributed by atoms with Crippen LogP contribution in [0.15, 0.2) is 0 Å². The summed E-state index contributed by atoms with van der Waals surface area (Å²) in [6.45, 7) is 5.98. The SMILES string of the molecule is CCCCCC[C@H]1C[C@H](C#N)OC(C)(C)O1. The summed E-state index contributed by atoms with van der Waals surface area (Å²) in [7, 11) is 0. The van der Waals surface area contributed by atoms with Gasteiger partial charge in [0.1, 0.15) is 6.10 Å². The van der Waals surface area contributed by atoms with E-state index >= 15 is 0 Å². The summed E-state index contributed by atoms with van der Waals surface area (Å²) >= 11 is 0. The minimum atomic E-state index is -0.603. The fourth-order valence-corrected chi connectivity index (χ4v) is 2.16. The fraction of sp³-hybridized carbons (Fsp3) is 0.923. The van der Waals surface area contributed by atoms with Crippen LogP contribution in [-0.2, 0) is 9.47 Å². The highest BCUT2D eigenvalue weighted by atomic mass is 16.7. The van der Waals surface area contributed by atoms with Gasteiger partial charge in [0.2, 0.25) is 0 Å². The van der Waals surface area contributed by atoms with Gasteiger partial charge >= 0.3 is 0 Å². The van der Waals surface area contributed by atoms with Crippen LogP contribution < -0.4 is 0 Å². The Morgan fingerprint density at radius 3 is 2.62 bits per heavy atom. The van der Waals surface area contributed by atoms with Gasteiger partial charge in [-0.3, -0.25) is 0 Å². The van der Waals surface area contributed by atoms with Crippen molar-refractivity contribution in [3.63, 3.8) is 0 Å². The molecule has 3 heteroatoms. The predicted molar refractivity (Wildman–Crippen MR) is 62.8 cm³/mol. The van der Waals surface area contributed by atoms with E-state index in [4.69, 9.17) is 14.7 Å². The van der Waals surface area contributed by atoms with Crippen LogP contribution in [0.5, 0.6) is 0 Å². The van der Waals surface area contributed by atoms with Gasteiger partial charge in [0.05, 0.1) is 12.2 Å². The van der Waals surface area contributed by atoms with Crippen molar-refractivity contribution in [2.75, 3.05) is 0 Å². The molecule has 1 rings (SSSR count). The number of hydrogen-bond acceptors (Lipinski definition) is 3. The molecule has 1 aliphatic heterocycles. The largest absolute Gasteiger partial charge is 0.347 e. The molecule has 0 aromatic carbocycles. The maximum Gasteiger partial charge on any atom is 0.164 e. The van der Waals surface area contributed by atoms with Crippen molar-refractivity contribution >= 4 is 0 Å². The molecule has 0 aromatic rings. The van der Waals surface area contributed by atoms with E-state index in [9.17, 15) is 0 Å². The molecule has 0 spiro atoms. The number of ether oxygens (including phenoxy) is 2. The maximum atomic E-state index is 8.92. The fourth-order valence-electron chi connectivity index (χ4n) is 2.16. The van der Waals surface area contributed by atoms with Crippen LogP contribution in [0.25, 0.3) is 0 Å². The zero-order chi connectivity index (χ0) is 12.0. The van der Waals surface area contributed by atoms with Crippen molar-refractivity contribution in [3.8, 4) is 6.07 Å². The Kier molecular flexibility index (Phi) is 5.24. The quantitative estimate of drug-likeness (QED) is 0.673. The first-order valence-corrected chi connectivity index (χ1v) is 6.32. The maximum absolute atomic E-state index is 8.92. The molecule has 1 fully saturated rings. The third-order valence-electron chi connectivity index (χ3n) is 2.88. The summed E-state index contributed by atoms with van der Waals surface area (Å²) in [5.74, 6) is -0.603. The second-order valence-electron chi connectivity index (χ2n) is 4.96. The summed E-state index contributed by atoms with van der Waals surface area (Å²) in [6.07, 6.45) is 6.62. The molecule has 0 unspecified atom stereocenters. The van der Waals surface area contributed by atoms with E-state index in [0.717, 1.165) is 6.42 Å². The topological polar surface area (TPSA) is 42.2 Å². The summed E-state index contributed by atoms with van der Waals surface area (Å²) in [6, 6.07) is 2.19. The lowest BCUT2D eigenvalue weighted by Crippen LogP contribution is -2.44. The molecule has 0 aromatic heterocycles. The molecular formula is C13H23NO2. The average Bonchev–Trinajstić information content (AvgIpc) is 2.22. The highest BCUT2D eigenvalue weighted by Gasteiger charge is 2.34. The van der Waals surface area contributed by atoms with Gasteiger partial charge in [0.15, 0.2) is 5.79 Å². The Labute approximate surface area is 98.7 Å². The summed E-state index contributed by atoms with van der Waals surface area (Å²) in [5.41, 5.74) is 0. The summed E-state index contributed by atoms with van der Waals surface area (Å²) in [5, 5.41) is 8.92. The van der Waals surface area contributed by atoms with Gasteiger partial charge in [-0.25, -0.2) is 0 Å². The van der Waals surface area contributed by atoms with Gasteiger partial charge in [-0.1, -0.05) is 32.6 Å². The standard InChI is InChI=1S/C13H23NO2/c1-4-5-6-7-8-11-9-12(10-14)16-13(2,3)15-11/h11-12H,4-9H2,1-3H3/t11-,12+/m0/s1. The average molecular weight is 225 g/mol. The van der Waals surface area contributed by atoms with E-state index in [2.05, 4.69) is 13.0 Å². The molecule has 0 saturated carbocycles. The van der Waals surface area contributed by atoms with Crippen LogP contribution in [0, 0.1) is 11.3 Å². The highest BCUT2D eigenvalue weighted by Crippen LogP contribution is 2.28. The van der Waals surface area contributed by atoms with Crippen molar-refractivity contribution < 1.29 is 9.47 Å². The lowest BCUT2D eigenvalue weighted by molar-refractivity contribution is -0.289. The molecule has 3 nitrogen and oxygen atoms in total. The van der Waals surface area contributed by atoms with Crippen molar-refractivity contribution in [1.29, 1.82) is 5.26 Å². The van der Waals surface area contributed by atoms with E-state index in [-0.39, 0.29) is 12.2 Å². The van der Waals surface area contributed by atoms with Crippen LogP contribution in [0.4, 0.5) is 0 Å². The van der Waals surface area contributed by atoms with Gasteiger partial charge in [-0.2, -0.15) is 5.26 Å². The lowest BCUT2D eigenvalue weighted by Gasteiger charge is -2.38. The Hall–Kier alpha value is -0.590. The number of nitrogens with zero attached hydrogens (tertiary/aromatic N) is 1. The molecule has 2 atom stereocenters. The Morgan fingerprint density at radius 2 is 2.00 bits per heavy atom. The van der Waals surface area contributed by atoms with Gasteiger partial charge in [-0.15, -0.1) is 0 Å². The van der Waals surface area contributed by atoms with Crippen LogP contribution in [0.2, 0.25) is 0 Å². The molecular weight excluding hydrogens is 202 g/mol. The summed E-state index contributed by atoms with van der Waals surface area (Å²) < 4.78 is 11.3. The van der Waals surface area contributed by atoms with Crippen LogP contribution in [0.1, 0.15) is 59.3 Å². The van der Waals surface area contributed by atoms with Gasteiger partial charge in [-0.05, 0) is 20.3 Å². The smallest absolute Gasteiger partial charge is 0.164 e. The molecule has 0 bridgehead atoms. The van der Waals surface area contributed by atoms with E-state index in [0.29, 0.717) is 6.42 Å². The van der Waals surface area contributed by atoms with Crippen molar-refractivity contribution in [1.82, 2.24) is 0 Å². The number of rotatable bonds is 5. The van der Waals surface area contributed by atoms with Crippen molar-refractivity contribution in [3.05, 3.63) is 0 Å². The van der Waals surface area contributed by atoms with E-state index in [1.165, 1.54) is 25.7 Å². The number of hydrogen-bond donors (Lipinski definition) is 0. The molecule has 1 aliphatic rings. The second-order valence-corrected chi connectivity index (χ2v) is 4.96. The zero-order valence-electron chi connectivity index (χ0n) is 10.7. The molecule has 0 aliphatic carbocycles. The Bertz CT molecular complexity index is 245. The molecule has 1 heterocycles. The first kappa shape index (κ1) is 13.5. The van der Waals surface area contributed by atoms with Crippen LogP contribution in [-0.4, -0.2) is 18.0 Å². The Morgan fingerprint density at radius 1 is 1.25 bits per heavy atom. The van der Waals surface area contributed by atoms with Crippen LogP contribution >= 0.6 is 0 Å². The third kappa shape index (κ3) is 4.51. The summed E-state index contributed by atoms with van der Waals surface area (Å²) in [4.78, 5) is 0. The van der Waals surface area contributed by atoms with Crippen LogP contribution in [0.3, 0.4) is 0 Å². The Balaban J connectivity index is 2.33. The minimum Gasteiger partial charge on any atom is -0.347 e.